The Morgan fingerprint density at radius 3 is 1.80 bits per heavy atom. The average Bonchev–Trinajstić information content (AvgIpc) is 1.19. The molecule has 4 saturated heterocycles. The fraction of sp³-hybridized carbons (Fsp3) is 0.750. The van der Waals surface area contributed by atoms with Gasteiger partial charge in [-0.15, -0.1) is 0 Å². The lowest BCUT2D eigenvalue weighted by atomic mass is 9.84. The number of hydrogen-bond acceptors (Lipinski definition) is 12. The zero-order chi connectivity index (χ0) is 74.0. The summed E-state index contributed by atoms with van der Waals surface area (Å²) >= 11 is 6.16. The highest BCUT2D eigenvalue weighted by atomic mass is 35.5. The highest BCUT2D eigenvalue weighted by molar-refractivity contribution is 6.31. The van der Waals surface area contributed by atoms with Gasteiger partial charge in [0.1, 0.15) is 59.9 Å². The number of hydrogen-bond donors (Lipinski definition) is 3. The number of nitrogens with zero attached hydrogens (tertiary/aromatic N) is 9. The average molecular weight is 1430 g/mol. The maximum atomic E-state index is 15.4. The van der Waals surface area contributed by atoms with Crippen molar-refractivity contribution in [2.75, 3.05) is 75.0 Å². The first-order chi connectivity index (χ1) is 47.0. The summed E-state index contributed by atoms with van der Waals surface area (Å²) in [6, 6.07) is -7.82. The van der Waals surface area contributed by atoms with Crippen molar-refractivity contribution in [1.29, 1.82) is 0 Å². The van der Waals surface area contributed by atoms with Gasteiger partial charge in [-0.3, -0.25) is 57.5 Å². The lowest BCUT2D eigenvalue weighted by molar-refractivity contribution is -0.160. The maximum Gasteiger partial charge on any atom is 0.417 e. The molecule has 9 atom stereocenters. The van der Waals surface area contributed by atoms with E-state index in [0.717, 1.165) is 55.6 Å². The molecule has 2 unspecified atom stereocenters. The molecular weight excluding hydrogens is 1320 g/mol. The van der Waals surface area contributed by atoms with Gasteiger partial charge in [-0.1, -0.05) is 104 Å². The van der Waals surface area contributed by atoms with Gasteiger partial charge in [0, 0.05) is 68.5 Å². The molecule has 0 aromatic heterocycles. The Labute approximate surface area is 593 Å². The molecule has 7 rings (SSSR count). The number of halogens is 4. The molecule has 558 valence electrons. The number of carbonyl (C=O) groups excluding carboxylic acids is 12. The molecule has 4 aliphatic heterocycles. The van der Waals surface area contributed by atoms with E-state index >= 15 is 24.0 Å². The fourth-order valence-corrected chi connectivity index (χ4v) is 15.9. The third kappa shape index (κ3) is 19.2. The van der Waals surface area contributed by atoms with Crippen LogP contribution in [0.3, 0.4) is 0 Å². The van der Waals surface area contributed by atoms with Crippen molar-refractivity contribution in [3.05, 3.63) is 34.3 Å². The second-order valence-corrected chi connectivity index (χ2v) is 30.7. The normalized spacial score (nSPS) is 27.5. The van der Waals surface area contributed by atoms with Crippen LogP contribution in [0.15, 0.2) is 18.2 Å². The van der Waals surface area contributed by atoms with Crippen molar-refractivity contribution in [2.45, 2.75) is 249 Å². The summed E-state index contributed by atoms with van der Waals surface area (Å²) in [6.45, 7) is 12.7. The largest absolute Gasteiger partial charge is 0.417 e. The predicted octanol–water partition coefficient (Wildman–Crippen LogP) is 6.03. The molecule has 6 aliphatic rings. The van der Waals surface area contributed by atoms with Crippen LogP contribution in [-0.2, 0) is 70.1 Å². The minimum atomic E-state index is -4.76. The van der Waals surface area contributed by atoms with Gasteiger partial charge in [-0.05, 0) is 132 Å². The van der Waals surface area contributed by atoms with Crippen LogP contribution in [0.4, 0.5) is 13.2 Å². The number of rotatable bonds is 11. The number of nitrogens with one attached hydrogen (secondary N) is 3. The summed E-state index contributed by atoms with van der Waals surface area (Å²) in [4.78, 5) is 191. The first-order valence-electron chi connectivity index (χ1n) is 36.2. The number of carbonyl (C=O) groups is 12. The third-order valence-corrected chi connectivity index (χ3v) is 22.0. The summed E-state index contributed by atoms with van der Waals surface area (Å²) in [5.41, 5.74) is -2.35. The van der Waals surface area contributed by atoms with E-state index in [9.17, 15) is 46.7 Å². The molecule has 3 N–H and O–H groups in total. The van der Waals surface area contributed by atoms with Crippen molar-refractivity contribution < 1.29 is 70.7 Å². The van der Waals surface area contributed by atoms with Gasteiger partial charge < -0.3 is 60.0 Å². The smallest absolute Gasteiger partial charge is 0.343 e. The quantitative estimate of drug-likeness (QED) is 0.229. The molecule has 28 heteroatoms. The minimum absolute atomic E-state index is 0.0232. The van der Waals surface area contributed by atoms with E-state index in [0.29, 0.717) is 50.8 Å². The van der Waals surface area contributed by atoms with Crippen molar-refractivity contribution in [2.24, 2.45) is 23.7 Å². The van der Waals surface area contributed by atoms with E-state index in [1.54, 1.807) is 18.7 Å². The first kappa shape index (κ1) is 80.3. The maximum absolute atomic E-state index is 15.4. The van der Waals surface area contributed by atoms with E-state index in [2.05, 4.69) is 16.0 Å². The number of likely N-dealkylation sites (N-methyl/N-ethyl adjacent to an activating group) is 6. The number of benzene rings is 1. The molecule has 6 fully saturated rings. The number of likely N-dealkylation sites (tertiary alicyclic amines) is 1. The molecule has 0 radical (unpaired) electrons. The summed E-state index contributed by atoms with van der Waals surface area (Å²) < 4.78 is 41.6. The van der Waals surface area contributed by atoms with Gasteiger partial charge in [-0.2, -0.15) is 13.2 Å². The topological polar surface area (TPSA) is 270 Å². The molecule has 4 heterocycles. The van der Waals surface area contributed by atoms with Gasteiger partial charge in [-0.25, -0.2) is 0 Å². The van der Waals surface area contributed by atoms with Crippen LogP contribution in [0.2, 0.25) is 5.02 Å². The molecule has 2 aliphatic carbocycles. The van der Waals surface area contributed by atoms with E-state index in [-0.39, 0.29) is 88.6 Å². The van der Waals surface area contributed by atoms with Crippen molar-refractivity contribution in [3.63, 3.8) is 0 Å². The zero-order valence-corrected chi connectivity index (χ0v) is 61.8. The molecule has 1 spiro atoms. The Kier molecular flexibility index (Phi) is 27.9. The number of amides is 12. The Morgan fingerprint density at radius 2 is 1.22 bits per heavy atom. The highest BCUT2D eigenvalue weighted by Crippen LogP contribution is 2.38. The fourth-order valence-electron chi connectivity index (χ4n) is 15.6. The lowest BCUT2D eigenvalue weighted by Crippen LogP contribution is -2.65. The summed E-state index contributed by atoms with van der Waals surface area (Å²) in [5, 5.41) is 8.14. The molecule has 12 amide bonds. The summed E-state index contributed by atoms with van der Waals surface area (Å²) in [6.07, 6.45) is 3.49. The monoisotopic (exact) mass is 1430 g/mol. The van der Waals surface area contributed by atoms with Crippen LogP contribution < -0.4 is 16.0 Å². The second kappa shape index (κ2) is 34.7. The van der Waals surface area contributed by atoms with E-state index in [1.165, 1.54) is 89.6 Å². The molecular formula is C72H110ClF3N12O12. The van der Waals surface area contributed by atoms with Crippen LogP contribution in [0.5, 0.6) is 0 Å². The van der Waals surface area contributed by atoms with Gasteiger partial charge in [0.05, 0.1) is 23.6 Å². The van der Waals surface area contributed by atoms with Crippen LogP contribution >= 0.6 is 11.6 Å². The number of aryl methyl sites for hydroxylation is 1. The first-order valence-corrected chi connectivity index (χ1v) is 36.6. The standard InChI is InChI=1S/C72H110ClF3N12O12/c1-43(2)37-52-64(94)81(9)46(7)63(93)88-36-30-54(88)67(97)83(11)56(40-47-23-16-14-17-24-47)66(96)80(8)42-58(89)77-51(29-27-48-26-28-49(50(73)39-48)72(74,75)76)65(95)87-35-22-25-53(87)62(92)79-71(31-18-19-32-71)70(100)85(13)60(45(5)6)69(99)84(12)57(68(98)86-33-20-15-21-34-86)41-59(90)82(10)55(38-44(3)4)61(91)78-52/h26,28,39,43-47,51-57,60H,14-25,27,29-38,40-42H2,1-13H3,(H,77,89)(H,78,91)(H,79,92)/t46-,51-,52?,53-,54-,55-,56?,57-,60-/m0/s1. The van der Waals surface area contributed by atoms with Crippen molar-refractivity contribution in [3.8, 4) is 0 Å². The Bertz CT molecular complexity index is 3150. The second-order valence-electron chi connectivity index (χ2n) is 30.3. The Balaban J connectivity index is 1.28. The highest BCUT2D eigenvalue weighted by Gasteiger charge is 2.51. The third-order valence-electron chi connectivity index (χ3n) is 21.7. The van der Waals surface area contributed by atoms with Gasteiger partial charge in [0.2, 0.25) is 70.9 Å². The summed E-state index contributed by atoms with van der Waals surface area (Å²) in [7, 11) is 8.60. The predicted molar refractivity (Wildman–Crippen MR) is 369 cm³/mol. The minimum Gasteiger partial charge on any atom is -0.343 e. The van der Waals surface area contributed by atoms with Gasteiger partial charge in [0.25, 0.3) is 0 Å². The van der Waals surface area contributed by atoms with E-state index < -0.39 is 166 Å². The molecule has 0 bridgehead atoms. The van der Waals surface area contributed by atoms with E-state index in [1.807, 2.05) is 27.7 Å². The van der Waals surface area contributed by atoms with Crippen molar-refractivity contribution >= 4 is 82.5 Å². The van der Waals surface area contributed by atoms with Crippen LogP contribution in [0.25, 0.3) is 0 Å². The summed E-state index contributed by atoms with van der Waals surface area (Å²) in [5.74, 6) is -8.55. The molecule has 1 aromatic rings. The van der Waals surface area contributed by atoms with Gasteiger partial charge in [0.15, 0.2) is 0 Å². The SMILES string of the molecule is CC(C)CC1NC(=O)[C@H](CC(C)C)N(C)C(=O)C[C@@H](C(=O)N2CCCCC2)N(C)C(=O)[C@H](C(C)C)N(C)C(=O)C2(CCCC2)NC(=O)[C@@H]2CCCN2C(=O)[C@H](CCc2ccc(C(F)(F)F)c(Cl)c2)NC(=O)CN(C)C(=O)C(CC2CCCCC2)N(C)C(=O)[C@@H]2CCN2C(=O)[C@H](C)N(C)C1=O. The number of fused-ring (bicyclic) bond motifs is 2. The van der Waals surface area contributed by atoms with Gasteiger partial charge >= 0.3 is 6.18 Å². The van der Waals surface area contributed by atoms with E-state index in [4.69, 9.17) is 11.6 Å². The molecule has 1 aromatic carbocycles. The zero-order valence-electron chi connectivity index (χ0n) is 61.1. The lowest BCUT2D eigenvalue weighted by Gasteiger charge is -2.45. The Hall–Kier alpha value is -7.06. The number of alkyl halides is 3. The molecule has 100 heavy (non-hydrogen) atoms. The van der Waals surface area contributed by atoms with Crippen LogP contribution in [-0.4, -0.2) is 250 Å². The Morgan fingerprint density at radius 1 is 0.600 bits per heavy atom. The number of piperidine rings is 1. The van der Waals surface area contributed by atoms with Crippen molar-refractivity contribution in [1.82, 2.24) is 60.0 Å². The molecule has 24 nitrogen and oxygen atoms in total. The van der Waals surface area contributed by atoms with Crippen LogP contribution in [0, 0.1) is 23.7 Å². The molecule has 2 saturated carbocycles. The van der Waals surface area contributed by atoms with Crippen LogP contribution in [0.1, 0.15) is 188 Å².